The average molecular weight is 140 g/mol. The first kappa shape index (κ1) is 5.67. The molecule has 1 rings (SSSR count). The third-order valence-electron chi connectivity index (χ3n) is 1.05. The van der Waals surface area contributed by atoms with Crippen LogP contribution in [0.15, 0.2) is 0 Å². The summed E-state index contributed by atoms with van der Waals surface area (Å²) in [5.41, 5.74) is 0. The lowest BCUT2D eigenvalue weighted by atomic mass is 10.4. The van der Waals surface area contributed by atoms with Gasteiger partial charge in [0.05, 0.1) is 0 Å². The van der Waals surface area contributed by atoms with Gasteiger partial charge in [-0.05, 0) is 13.0 Å². The Bertz CT molecular complexity index is 64.1. The second-order valence-electron chi connectivity index (χ2n) is 1.78. The Morgan fingerprint density at radius 2 is 2.14 bits per heavy atom. The summed E-state index contributed by atoms with van der Waals surface area (Å²) in [5.74, 6) is 0. The molecule has 0 radical (unpaired) electrons. The zero-order valence-corrected chi connectivity index (χ0v) is 5.39. The Balaban J connectivity index is 2.40. The molecule has 1 heterocycles. The minimum absolute atomic E-state index is 0.472. The minimum Gasteiger partial charge on any atom is -0.314 e. The molecule has 0 aromatic heterocycles. The Kier molecular flexibility index (Phi) is 1.46. The molecule has 0 aromatic rings. The van der Waals surface area contributed by atoms with Crippen LogP contribution in [0.4, 0.5) is 0 Å². The summed E-state index contributed by atoms with van der Waals surface area (Å²) >= 11 is 11.3. The van der Waals surface area contributed by atoms with Gasteiger partial charge in [0.15, 0.2) is 0 Å². The number of nitrogens with one attached hydrogen (secondary N) is 1. The molecule has 1 aliphatic heterocycles. The number of rotatable bonds is 0. The van der Waals surface area contributed by atoms with Crippen molar-refractivity contribution in [3.05, 3.63) is 0 Å². The van der Waals surface area contributed by atoms with Gasteiger partial charge in [-0.25, -0.2) is 0 Å². The summed E-state index contributed by atoms with van der Waals surface area (Å²) in [7, 11) is 0. The van der Waals surface area contributed by atoms with Crippen LogP contribution in [0.25, 0.3) is 0 Å². The topological polar surface area (TPSA) is 12.0 Å². The van der Waals surface area contributed by atoms with E-state index in [1.165, 1.54) is 0 Å². The molecule has 0 amide bonds. The number of halogens is 2. The molecule has 1 nitrogen and oxygen atoms in total. The highest BCUT2D eigenvalue weighted by molar-refractivity contribution is 6.48. The van der Waals surface area contributed by atoms with E-state index in [-0.39, 0.29) is 0 Å². The van der Waals surface area contributed by atoms with Crippen molar-refractivity contribution >= 4 is 23.2 Å². The zero-order valence-electron chi connectivity index (χ0n) is 3.88. The summed E-state index contributed by atoms with van der Waals surface area (Å²) in [4.78, 5) is 0. The fourth-order valence-electron chi connectivity index (χ4n) is 0.631. The highest BCUT2D eigenvalue weighted by Crippen LogP contribution is 2.26. The van der Waals surface area contributed by atoms with Gasteiger partial charge in [-0.2, -0.15) is 0 Å². The molecule has 3 heteroatoms. The smallest absolute Gasteiger partial charge is 0.131 e. The van der Waals surface area contributed by atoms with Crippen LogP contribution >= 0.6 is 23.2 Å². The maximum atomic E-state index is 5.67. The van der Waals surface area contributed by atoms with Gasteiger partial charge in [0.2, 0.25) is 0 Å². The van der Waals surface area contributed by atoms with Gasteiger partial charge >= 0.3 is 0 Å². The number of hydrogen-bond acceptors (Lipinski definition) is 1. The third kappa shape index (κ3) is 1.48. The molecule has 0 atom stereocenters. The molecule has 0 unspecified atom stereocenters. The molecule has 42 valence electrons. The summed E-state index contributed by atoms with van der Waals surface area (Å²) in [6, 6.07) is 0. The normalized spacial score (nSPS) is 28.3. The SMILES string of the molecule is ClC1(Cl)CCNC1. The zero-order chi connectivity index (χ0) is 5.33. The van der Waals surface area contributed by atoms with Gasteiger partial charge in [0.25, 0.3) is 0 Å². The van der Waals surface area contributed by atoms with Crippen molar-refractivity contribution in [2.75, 3.05) is 13.1 Å². The maximum absolute atomic E-state index is 5.67. The van der Waals surface area contributed by atoms with Crippen LogP contribution in [0, 0.1) is 0 Å². The standard InChI is InChI=1S/C4H7Cl2N/c5-4(6)1-2-7-3-4/h7H,1-3H2. The van der Waals surface area contributed by atoms with Crippen LogP contribution in [0.5, 0.6) is 0 Å². The monoisotopic (exact) mass is 139 g/mol. The van der Waals surface area contributed by atoms with Crippen LogP contribution in [0.1, 0.15) is 6.42 Å². The van der Waals surface area contributed by atoms with Crippen molar-refractivity contribution in [3.63, 3.8) is 0 Å². The quantitative estimate of drug-likeness (QED) is 0.497. The number of hydrogen-bond donors (Lipinski definition) is 1. The summed E-state index contributed by atoms with van der Waals surface area (Å²) in [6.07, 6.45) is 0.871. The van der Waals surface area contributed by atoms with Crippen LogP contribution in [-0.2, 0) is 0 Å². The van der Waals surface area contributed by atoms with Gasteiger partial charge < -0.3 is 5.32 Å². The summed E-state index contributed by atoms with van der Waals surface area (Å²) in [5, 5.41) is 3.05. The van der Waals surface area contributed by atoms with E-state index in [2.05, 4.69) is 5.32 Å². The van der Waals surface area contributed by atoms with Crippen molar-refractivity contribution < 1.29 is 0 Å². The largest absolute Gasteiger partial charge is 0.314 e. The lowest BCUT2D eigenvalue weighted by Gasteiger charge is -2.05. The van der Waals surface area contributed by atoms with E-state index in [1.54, 1.807) is 0 Å². The van der Waals surface area contributed by atoms with E-state index in [0.29, 0.717) is 0 Å². The molecular formula is C4H7Cl2N. The van der Waals surface area contributed by atoms with Gasteiger partial charge in [0, 0.05) is 6.54 Å². The van der Waals surface area contributed by atoms with Gasteiger partial charge in [-0.3, -0.25) is 0 Å². The lowest BCUT2D eigenvalue weighted by molar-refractivity contribution is 0.842. The van der Waals surface area contributed by atoms with Crippen LogP contribution < -0.4 is 5.32 Å². The molecule has 1 aliphatic rings. The van der Waals surface area contributed by atoms with Crippen LogP contribution in [0.2, 0.25) is 0 Å². The maximum Gasteiger partial charge on any atom is 0.131 e. The second kappa shape index (κ2) is 1.81. The molecule has 0 aliphatic carbocycles. The molecule has 0 spiro atoms. The first-order valence-electron chi connectivity index (χ1n) is 2.29. The van der Waals surface area contributed by atoms with Crippen molar-refractivity contribution in [1.82, 2.24) is 5.32 Å². The molecular weight excluding hydrogens is 133 g/mol. The van der Waals surface area contributed by atoms with Crippen molar-refractivity contribution in [2.24, 2.45) is 0 Å². The molecule has 0 aromatic carbocycles. The van der Waals surface area contributed by atoms with Gasteiger partial charge in [0.1, 0.15) is 4.33 Å². The predicted molar refractivity (Wildman–Crippen MR) is 31.9 cm³/mol. The van der Waals surface area contributed by atoms with E-state index >= 15 is 0 Å². The van der Waals surface area contributed by atoms with Gasteiger partial charge in [-0.15, -0.1) is 23.2 Å². The van der Waals surface area contributed by atoms with Crippen molar-refractivity contribution in [1.29, 1.82) is 0 Å². The Morgan fingerprint density at radius 1 is 1.43 bits per heavy atom. The Labute approximate surface area is 53.0 Å². The Morgan fingerprint density at radius 3 is 2.29 bits per heavy atom. The average Bonchev–Trinajstić information content (AvgIpc) is 1.84. The molecule has 1 N–H and O–H groups in total. The predicted octanol–water partition coefficient (Wildman–Crippen LogP) is 1.15. The van der Waals surface area contributed by atoms with E-state index in [0.717, 1.165) is 19.5 Å². The first-order chi connectivity index (χ1) is 3.21. The molecule has 7 heavy (non-hydrogen) atoms. The lowest BCUT2D eigenvalue weighted by Crippen LogP contribution is -2.16. The van der Waals surface area contributed by atoms with E-state index in [4.69, 9.17) is 23.2 Å². The highest BCUT2D eigenvalue weighted by Gasteiger charge is 2.27. The highest BCUT2D eigenvalue weighted by atomic mass is 35.5. The van der Waals surface area contributed by atoms with Gasteiger partial charge in [-0.1, -0.05) is 0 Å². The van der Waals surface area contributed by atoms with Crippen LogP contribution in [-0.4, -0.2) is 17.4 Å². The van der Waals surface area contributed by atoms with Crippen molar-refractivity contribution in [3.8, 4) is 0 Å². The summed E-state index contributed by atoms with van der Waals surface area (Å²) in [6.45, 7) is 1.68. The van der Waals surface area contributed by atoms with E-state index in [9.17, 15) is 0 Å². The second-order valence-corrected chi connectivity index (χ2v) is 3.42. The molecule has 0 bridgehead atoms. The van der Waals surface area contributed by atoms with E-state index < -0.39 is 4.33 Å². The summed E-state index contributed by atoms with van der Waals surface area (Å²) < 4.78 is -0.472. The first-order valence-corrected chi connectivity index (χ1v) is 3.05. The van der Waals surface area contributed by atoms with Crippen molar-refractivity contribution in [2.45, 2.75) is 10.8 Å². The van der Waals surface area contributed by atoms with E-state index in [1.807, 2.05) is 0 Å². The Hall–Kier alpha value is 0.540. The molecule has 1 saturated heterocycles. The minimum atomic E-state index is -0.472. The van der Waals surface area contributed by atoms with Crippen LogP contribution in [0.3, 0.4) is 0 Å². The fourth-order valence-corrected chi connectivity index (χ4v) is 1.01. The molecule has 0 saturated carbocycles. The third-order valence-corrected chi connectivity index (χ3v) is 1.70. The molecule has 1 fully saturated rings. The number of alkyl halides is 2. The fraction of sp³-hybridized carbons (Fsp3) is 1.00.